The van der Waals surface area contributed by atoms with Crippen molar-refractivity contribution in [3.63, 3.8) is 0 Å². The van der Waals surface area contributed by atoms with Crippen molar-refractivity contribution in [1.82, 2.24) is 0 Å². The van der Waals surface area contributed by atoms with Crippen LogP contribution in [0.4, 0.5) is 0 Å². The highest BCUT2D eigenvalue weighted by atomic mass is 16.5. The number of carbonyl (C=O) groups excluding carboxylic acids is 2. The first-order valence-electron chi connectivity index (χ1n) is 21.8. The molecule has 282 valence electrons. The highest BCUT2D eigenvalue weighted by Crippen LogP contribution is 2.27. The average Bonchev–Trinajstić information content (AvgIpc) is 3.10. The Balaban J connectivity index is 1.99. The SMILES string of the molecule is CCCCCCCCCCCCCCCCCCOC(=O)C1=C(C(=O)OCCCCCCCCCCCCCCCCCC)CCCC1. The van der Waals surface area contributed by atoms with E-state index in [1.807, 2.05) is 0 Å². The number of hydrogen-bond donors (Lipinski definition) is 0. The van der Waals surface area contributed by atoms with E-state index >= 15 is 0 Å². The van der Waals surface area contributed by atoms with Gasteiger partial charge in [-0.25, -0.2) is 9.59 Å². The summed E-state index contributed by atoms with van der Waals surface area (Å²) in [5, 5.41) is 0. The maximum Gasteiger partial charge on any atom is 0.334 e. The van der Waals surface area contributed by atoms with Gasteiger partial charge in [-0.05, 0) is 38.5 Å². The van der Waals surface area contributed by atoms with E-state index in [0.29, 0.717) is 37.2 Å². The predicted molar refractivity (Wildman–Crippen MR) is 207 cm³/mol. The highest BCUT2D eigenvalue weighted by molar-refractivity contribution is 6.00. The van der Waals surface area contributed by atoms with E-state index in [9.17, 15) is 9.59 Å². The van der Waals surface area contributed by atoms with Gasteiger partial charge < -0.3 is 9.47 Å². The van der Waals surface area contributed by atoms with Crippen molar-refractivity contribution in [3.8, 4) is 0 Å². The van der Waals surface area contributed by atoms with E-state index in [1.54, 1.807) is 0 Å². The molecule has 0 aromatic carbocycles. The van der Waals surface area contributed by atoms with Gasteiger partial charge in [-0.3, -0.25) is 0 Å². The van der Waals surface area contributed by atoms with Gasteiger partial charge in [0.2, 0.25) is 0 Å². The first-order chi connectivity index (χ1) is 23.7. The Labute approximate surface area is 299 Å². The minimum atomic E-state index is -0.287. The summed E-state index contributed by atoms with van der Waals surface area (Å²) in [4.78, 5) is 25.6. The maximum atomic E-state index is 12.8. The molecule has 0 fully saturated rings. The molecule has 0 heterocycles. The van der Waals surface area contributed by atoms with Crippen LogP contribution in [0.2, 0.25) is 0 Å². The van der Waals surface area contributed by atoms with Crippen LogP contribution in [-0.2, 0) is 19.1 Å². The van der Waals surface area contributed by atoms with E-state index in [4.69, 9.17) is 9.47 Å². The predicted octanol–water partition coefficient (Wildman–Crippen LogP) is 14.5. The molecule has 48 heavy (non-hydrogen) atoms. The Morgan fingerprint density at radius 2 is 0.562 bits per heavy atom. The van der Waals surface area contributed by atoms with Gasteiger partial charge in [0.25, 0.3) is 0 Å². The summed E-state index contributed by atoms with van der Waals surface area (Å²) in [7, 11) is 0. The summed E-state index contributed by atoms with van der Waals surface area (Å²) in [5.74, 6) is -0.574. The fourth-order valence-corrected chi connectivity index (χ4v) is 7.16. The van der Waals surface area contributed by atoms with Crippen molar-refractivity contribution in [2.24, 2.45) is 0 Å². The number of ether oxygens (including phenoxy) is 2. The summed E-state index contributed by atoms with van der Waals surface area (Å²) in [6, 6.07) is 0. The third-order valence-electron chi connectivity index (χ3n) is 10.4. The van der Waals surface area contributed by atoms with E-state index in [1.165, 1.54) is 180 Å². The van der Waals surface area contributed by atoms with Crippen LogP contribution in [0.1, 0.15) is 245 Å². The summed E-state index contributed by atoms with van der Waals surface area (Å²) < 4.78 is 11.2. The third-order valence-corrected chi connectivity index (χ3v) is 10.4. The standard InChI is InChI=1S/C44H82O4/c1-3-5-7-9-11-13-15-17-19-21-23-25-27-29-31-35-39-47-43(45)41-37-33-34-38-42(41)44(46)48-40-36-32-30-28-26-24-22-20-18-16-14-12-10-8-6-4-2/h3-40H2,1-2H3. The lowest BCUT2D eigenvalue weighted by Crippen LogP contribution is -2.20. The number of hydrogen-bond acceptors (Lipinski definition) is 4. The quantitative estimate of drug-likeness (QED) is 0.0490. The second-order valence-corrected chi connectivity index (χ2v) is 15.0. The van der Waals surface area contributed by atoms with Crippen LogP contribution in [0.15, 0.2) is 11.1 Å². The van der Waals surface area contributed by atoms with Crippen molar-refractivity contribution in [3.05, 3.63) is 11.1 Å². The summed E-state index contributed by atoms with van der Waals surface area (Å²) in [6.45, 7) is 5.49. The number of rotatable bonds is 36. The molecule has 0 N–H and O–H groups in total. The first kappa shape index (κ1) is 44.7. The lowest BCUT2D eigenvalue weighted by Gasteiger charge is -2.18. The second kappa shape index (κ2) is 35.5. The Bertz CT molecular complexity index is 695. The lowest BCUT2D eigenvalue weighted by atomic mass is 9.91. The molecule has 0 unspecified atom stereocenters. The Hall–Kier alpha value is -1.32. The van der Waals surface area contributed by atoms with Crippen LogP contribution >= 0.6 is 0 Å². The lowest BCUT2D eigenvalue weighted by molar-refractivity contribution is -0.143. The molecule has 1 rings (SSSR count). The van der Waals surface area contributed by atoms with Crippen LogP contribution in [0.25, 0.3) is 0 Å². The summed E-state index contributed by atoms with van der Waals surface area (Å²) >= 11 is 0. The van der Waals surface area contributed by atoms with Crippen LogP contribution in [-0.4, -0.2) is 25.2 Å². The van der Waals surface area contributed by atoms with E-state index in [0.717, 1.165) is 38.5 Å². The van der Waals surface area contributed by atoms with Gasteiger partial charge in [0.15, 0.2) is 0 Å². The number of carbonyl (C=O) groups is 2. The number of esters is 2. The van der Waals surface area contributed by atoms with Crippen molar-refractivity contribution >= 4 is 11.9 Å². The molecule has 1 aliphatic rings. The fourth-order valence-electron chi connectivity index (χ4n) is 7.16. The molecular weight excluding hydrogens is 592 g/mol. The molecule has 0 aliphatic heterocycles. The molecule has 0 saturated heterocycles. The smallest absolute Gasteiger partial charge is 0.334 e. The molecule has 0 spiro atoms. The molecule has 4 heteroatoms. The van der Waals surface area contributed by atoms with Gasteiger partial charge in [-0.1, -0.05) is 206 Å². The van der Waals surface area contributed by atoms with Crippen LogP contribution in [0, 0.1) is 0 Å². The van der Waals surface area contributed by atoms with Crippen LogP contribution in [0.3, 0.4) is 0 Å². The zero-order chi connectivity index (χ0) is 34.6. The van der Waals surface area contributed by atoms with Crippen LogP contribution in [0.5, 0.6) is 0 Å². The topological polar surface area (TPSA) is 52.6 Å². The van der Waals surface area contributed by atoms with Gasteiger partial charge >= 0.3 is 11.9 Å². The molecule has 0 atom stereocenters. The Kier molecular flexibility index (Phi) is 33.1. The zero-order valence-electron chi connectivity index (χ0n) is 32.5. The van der Waals surface area contributed by atoms with Crippen molar-refractivity contribution in [1.29, 1.82) is 0 Å². The molecule has 0 radical (unpaired) electrons. The average molecular weight is 675 g/mol. The van der Waals surface area contributed by atoms with Gasteiger partial charge in [-0.2, -0.15) is 0 Å². The molecule has 0 saturated carbocycles. The van der Waals surface area contributed by atoms with Crippen molar-refractivity contribution < 1.29 is 19.1 Å². The van der Waals surface area contributed by atoms with E-state index in [-0.39, 0.29) is 11.9 Å². The number of unbranched alkanes of at least 4 members (excludes halogenated alkanes) is 30. The van der Waals surface area contributed by atoms with Gasteiger partial charge in [0, 0.05) is 11.1 Å². The molecule has 4 nitrogen and oxygen atoms in total. The van der Waals surface area contributed by atoms with Crippen LogP contribution < -0.4 is 0 Å². The monoisotopic (exact) mass is 675 g/mol. The molecular formula is C44H82O4. The molecule has 0 aromatic heterocycles. The Morgan fingerprint density at radius 3 is 0.792 bits per heavy atom. The molecule has 1 aliphatic carbocycles. The molecule has 0 bridgehead atoms. The van der Waals surface area contributed by atoms with Crippen molar-refractivity contribution in [2.75, 3.05) is 13.2 Å². The fraction of sp³-hybridized carbons (Fsp3) is 0.909. The largest absolute Gasteiger partial charge is 0.462 e. The molecule has 0 aromatic rings. The van der Waals surface area contributed by atoms with Gasteiger partial charge in [0.05, 0.1) is 13.2 Å². The van der Waals surface area contributed by atoms with Gasteiger partial charge in [-0.15, -0.1) is 0 Å². The minimum absolute atomic E-state index is 0.287. The highest BCUT2D eigenvalue weighted by Gasteiger charge is 2.25. The summed E-state index contributed by atoms with van der Waals surface area (Å²) in [5.41, 5.74) is 1.16. The third kappa shape index (κ3) is 27.5. The van der Waals surface area contributed by atoms with E-state index in [2.05, 4.69) is 13.8 Å². The second-order valence-electron chi connectivity index (χ2n) is 15.0. The van der Waals surface area contributed by atoms with E-state index < -0.39 is 0 Å². The zero-order valence-corrected chi connectivity index (χ0v) is 32.5. The summed E-state index contributed by atoms with van der Waals surface area (Å²) in [6.07, 6.45) is 45.7. The van der Waals surface area contributed by atoms with Crippen molar-refractivity contribution in [2.45, 2.75) is 245 Å². The maximum absolute atomic E-state index is 12.8. The van der Waals surface area contributed by atoms with Gasteiger partial charge in [0.1, 0.15) is 0 Å². The normalized spacial score (nSPS) is 13.3. The Morgan fingerprint density at radius 1 is 0.354 bits per heavy atom. The first-order valence-corrected chi connectivity index (χ1v) is 21.8. The minimum Gasteiger partial charge on any atom is -0.462 e. The molecule has 0 amide bonds.